The van der Waals surface area contributed by atoms with Crippen LogP contribution >= 0.6 is 0 Å². The quantitative estimate of drug-likeness (QED) is 0.578. The first-order valence-electron chi connectivity index (χ1n) is 8.16. The highest BCUT2D eigenvalue weighted by molar-refractivity contribution is 6.12. The number of aromatic amines is 1. The number of rotatable bonds is 4. The van der Waals surface area contributed by atoms with Gasteiger partial charge in [-0.2, -0.15) is 0 Å². The lowest BCUT2D eigenvalue weighted by Crippen LogP contribution is -2.20. The second-order valence-electron chi connectivity index (χ2n) is 5.77. The standard InChI is InChI=1S/C21H15N3O2/c25-20(16-10-7-13-22-14-16)18-19(15-8-3-1-4-9-15)23-24(21(18)26)17-11-5-2-6-12-17/h1-14,23H. The molecule has 0 aliphatic carbocycles. The fourth-order valence-corrected chi connectivity index (χ4v) is 2.86. The van der Waals surface area contributed by atoms with Gasteiger partial charge in [0.05, 0.1) is 11.4 Å². The average molecular weight is 341 g/mol. The van der Waals surface area contributed by atoms with Gasteiger partial charge in [-0.15, -0.1) is 0 Å². The van der Waals surface area contributed by atoms with Crippen LogP contribution in [-0.4, -0.2) is 20.5 Å². The van der Waals surface area contributed by atoms with Gasteiger partial charge in [0.2, 0.25) is 5.78 Å². The number of carbonyl (C=O) groups excluding carboxylic acids is 1. The van der Waals surface area contributed by atoms with Crippen LogP contribution < -0.4 is 5.56 Å². The van der Waals surface area contributed by atoms with Crippen molar-refractivity contribution < 1.29 is 4.79 Å². The molecule has 0 aliphatic heterocycles. The lowest BCUT2D eigenvalue weighted by atomic mass is 10.0. The highest BCUT2D eigenvalue weighted by Gasteiger charge is 2.24. The van der Waals surface area contributed by atoms with Crippen LogP contribution in [0.4, 0.5) is 0 Å². The van der Waals surface area contributed by atoms with Gasteiger partial charge in [-0.05, 0) is 24.3 Å². The molecule has 2 aromatic carbocycles. The molecule has 0 amide bonds. The largest absolute Gasteiger partial charge is 0.290 e. The van der Waals surface area contributed by atoms with Gasteiger partial charge in [0.25, 0.3) is 5.56 Å². The number of benzene rings is 2. The van der Waals surface area contributed by atoms with Crippen LogP contribution in [0.1, 0.15) is 15.9 Å². The van der Waals surface area contributed by atoms with Gasteiger partial charge >= 0.3 is 0 Å². The van der Waals surface area contributed by atoms with E-state index in [4.69, 9.17) is 0 Å². The Morgan fingerprint density at radius 2 is 1.58 bits per heavy atom. The van der Waals surface area contributed by atoms with Gasteiger partial charge in [-0.3, -0.25) is 19.7 Å². The molecule has 0 radical (unpaired) electrons. The van der Waals surface area contributed by atoms with Gasteiger partial charge in [0.15, 0.2) is 0 Å². The summed E-state index contributed by atoms with van der Waals surface area (Å²) in [5.41, 5.74) is 2.03. The highest BCUT2D eigenvalue weighted by atomic mass is 16.2. The first-order valence-corrected chi connectivity index (χ1v) is 8.16. The molecule has 0 bridgehead atoms. The lowest BCUT2D eigenvalue weighted by molar-refractivity contribution is 0.103. The highest BCUT2D eigenvalue weighted by Crippen LogP contribution is 2.22. The monoisotopic (exact) mass is 341 g/mol. The summed E-state index contributed by atoms with van der Waals surface area (Å²) < 4.78 is 1.39. The Hall–Kier alpha value is -3.73. The average Bonchev–Trinajstić information content (AvgIpc) is 3.06. The van der Waals surface area contributed by atoms with Crippen molar-refractivity contribution in [2.45, 2.75) is 0 Å². The Morgan fingerprint density at radius 1 is 0.885 bits per heavy atom. The Balaban J connectivity index is 1.96. The predicted octanol–water partition coefficient (Wildman–Crippen LogP) is 3.46. The number of nitrogens with zero attached hydrogens (tertiary/aromatic N) is 2. The molecule has 5 heteroatoms. The molecule has 1 N–H and O–H groups in total. The third-order valence-corrected chi connectivity index (χ3v) is 4.12. The summed E-state index contributed by atoms with van der Waals surface area (Å²) in [6.07, 6.45) is 3.06. The van der Waals surface area contributed by atoms with Gasteiger partial charge in [-0.1, -0.05) is 48.5 Å². The molecule has 0 atom stereocenters. The van der Waals surface area contributed by atoms with Crippen molar-refractivity contribution in [1.29, 1.82) is 0 Å². The van der Waals surface area contributed by atoms with Crippen molar-refractivity contribution >= 4 is 5.78 Å². The maximum Gasteiger partial charge on any atom is 0.283 e. The number of ketones is 1. The number of hydrogen-bond donors (Lipinski definition) is 1. The van der Waals surface area contributed by atoms with E-state index in [-0.39, 0.29) is 16.9 Å². The van der Waals surface area contributed by atoms with Crippen LogP contribution in [-0.2, 0) is 0 Å². The molecule has 4 aromatic rings. The van der Waals surface area contributed by atoms with Gasteiger partial charge in [0.1, 0.15) is 5.56 Å². The minimum Gasteiger partial charge on any atom is -0.290 e. The molecular weight excluding hydrogens is 326 g/mol. The first-order chi connectivity index (χ1) is 12.8. The molecule has 2 heterocycles. The molecule has 0 saturated heterocycles. The van der Waals surface area contributed by atoms with Gasteiger partial charge < -0.3 is 0 Å². The summed E-state index contributed by atoms with van der Waals surface area (Å²) in [5, 5.41) is 3.10. The van der Waals surface area contributed by atoms with Crippen LogP contribution in [0.15, 0.2) is 90.0 Å². The second-order valence-corrected chi connectivity index (χ2v) is 5.77. The third-order valence-electron chi connectivity index (χ3n) is 4.12. The molecule has 26 heavy (non-hydrogen) atoms. The summed E-state index contributed by atoms with van der Waals surface area (Å²) in [4.78, 5) is 30.1. The molecule has 0 unspecified atom stereocenters. The summed E-state index contributed by atoms with van der Waals surface area (Å²) in [5.74, 6) is -0.354. The van der Waals surface area contributed by atoms with E-state index < -0.39 is 0 Å². The number of hydrogen-bond acceptors (Lipinski definition) is 3. The van der Waals surface area contributed by atoms with Crippen LogP contribution in [0.25, 0.3) is 16.9 Å². The van der Waals surface area contributed by atoms with Crippen molar-refractivity contribution in [3.63, 3.8) is 0 Å². The van der Waals surface area contributed by atoms with E-state index in [0.29, 0.717) is 16.9 Å². The zero-order chi connectivity index (χ0) is 17.9. The fraction of sp³-hybridized carbons (Fsp3) is 0. The Bertz CT molecular complexity index is 1100. The van der Waals surface area contributed by atoms with E-state index in [9.17, 15) is 9.59 Å². The molecular formula is C21H15N3O2. The first kappa shape index (κ1) is 15.8. The lowest BCUT2D eigenvalue weighted by Gasteiger charge is -2.02. The van der Waals surface area contributed by atoms with E-state index in [2.05, 4.69) is 10.1 Å². The van der Waals surface area contributed by atoms with Crippen LogP contribution in [0, 0.1) is 0 Å². The number of pyridine rings is 1. The normalized spacial score (nSPS) is 10.6. The van der Waals surface area contributed by atoms with E-state index >= 15 is 0 Å². The third kappa shape index (κ3) is 2.75. The van der Waals surface area contributed by atoms with E-state index in [1.54, 1.807) is 18.3 Å². The van der Waals surface area contributed by atoms with Crippen LogP contribution in [0.2, 0.25) is 0 Å². The SMILES string of the molecule is O=C(c1cccnc1)c1c(-c2ccccc2)[nH]n(-c2ccccc2)c1=O. The minimum atomic E-state index is -0.385. The summed E-state index contributed by atoms with van der Waals surface area (Å²) in [6, 6.07) is 21.9. The van der Waals surface area contributed by atoms with Crippen molar-refractivity contribution in [2.24, 2.45) is 0 Å². The Labute approximate surface area is 149 Å². The maximum atomic E-state index is 13.1. The summed E-state index contributed by atoms with van der Waals surface area (Å²) >= 11 is 0. The van der Waals surface area contributed by atoms with E-state index in [0.717, 1.165) is 5.56 Å². The van der Waals surface area contributed by atoms with Crippen molar-refractivity contribution in [3.8, 4) is 16.9 Å². The maximum absolute atomic E-state index is 13.1. The molecule has 2 aromatic heterocycles. The molecule has 0 saturated carbocycles. The summed E-state index contributed by atoms with van der Waals surface area (Å²) in [7, 11) is 0. The smallest absolute Gasteiger partial charge is 0.283 e. The zero-order valence-electron chi connectivity index (χ0n) is 13.8. The summed E-state index contributed by atoms with van der Waals surface area (Å²) in [6.45, 7) is 0. The van der Waals surface area contributed by atoms with Gasteiger partial charge in [-0.25, -0.2) is 4.68 Å². The van der Waals surface area contributed by atoms with Crippen molar-refractivity contribution in [2.75, 3.05) is 0 Å². The van der Waals surface area contributed by atoms with Crippen molar-refractivity contribution in [3.05, 3.63) is 107 Å². The number of para-hydroxylation sites is 1. The number of nitrogens with one attached hydrogen (secondary N) is 1. The molecule has 4 rings (SSSR count). The Kier molecular flexibility index (Phi) is 4.03. The van der Waals surface area contributed by atoms with Crippen molar-refractivity contribution in [1.82, 2.24) is 14.8 Å². The molecule has 5 nitrogen and oxygen atoms in total. The predicted molar refractivity (Wildman–Crippen MR) is 99.5 cm³/mol. The number of aromatic nitrogens is 3. The number of H-pyrrole nitrogens is 1. The van der Waals surface area contributed by atoms with Gasteiger partial charge in [0, 0.05) is 23.5 Å². The minimum absolute atomic E-state index is 0.105. The topological polar surface area (TPSA) is 67.8 Å². The van der Waals surface area contributed by atoms with Crippen LogP contribution in [0.5, 0.6) is 0 Å². The van der Waals surface area contributed by atoms with Crippen LogP contribution in [0.3, 0.4) is 0 Å². The Morgan fingerprint density at radius 3 is 2.23 bits per heavy atom. The number of carbonyl (C=O) groups is 1. The second kappa shape index (κ2) is 6.64. The molecule has 0 aliphatic rings. The fourth-order valence-electron chi connectivity index (χ4n) is 2.86. The van der Waals surface area contributed by atoms with E-state index in [1.165, 1.54) is 10.9 Å². The zero-order valence-corrected chi connectivity index (χ0v) is 13.8. The van der Waals surface area contributed by atoms with E-state index in [1.807, 2.05) is 60.7 Å². The molecule has 126 valence electrons. The molecule has 0 fully saturated rings. The molecule has 0 spiro atoms.